The molecule has 7 nitrogen and oxygen atoms in total. The molecule has 1 aromatic carbocycles. The highest BCUT2D eigenvalue weighted by atomic mass is 35.5. The first-order valence-corrected chi connectivity index (χ1v) is 7.52. The lowest BCUT2D eigenvalue weighted by molar-refractivity contribution is -0.117. The molecular formula is C16H23ClN4O3. The van der Waals surface area contributed by atoms with Crippen LogP contribution in [0.1, 0.15) is 32.0 Å². The highest BCUT2D eigenvalue weighted by molar-refractivity contribution is 5.94. The van der Waals surface area contributed by atoms with E-state index in [2.05, 4.69) is 15.5 Å². The maximum atomic E-state index is 12.0. The average molecular weight is 355 g/mol. The summed E-state index contributed by atoms with van der Waals surface area (Å²) in [5, 5.41) is 6.54. The normalized spacial score (nSPS) is 11.7. The summed E-state index contributed by atoms with van der Waals surface area (Å²) in [6.45, 7) is 6.01. The number of hydrogen-bond donors (Lipinski definition) is 2. The third-order valence-corrected chi connectivity index (χ3v) is 3.12. The van der Waals surface area contributed by atoms with Crippen LogP contribution in [-0.4, -0.2) is 22.1 Å². The van der Waals surface area contributed by atoms with E-state index in [4.69, 9.17) is 15.0 Å². The van der Waals surface area contributed by atoms with Gasteiger partial charge in [-0.15, -0.1) is 12.4 Å². The Hall–Kier alpha value is -2.12. The zero-order valence-corrected chi connectivity index (χ0v) is 14.8. The van der Waals surface area contributed by atoms with Crippen LogP contribution >= 0.6 is 12.4 Å². The molecule has 1 heterocycles. The van der Waals surface area contributed by atoms with E-state index >= 15 is 0 Å². The summed E-state index contributed by atoms with van der Waals surface area (Å²) in [4.78, 5) is 16.0. The van der Waals surface area contributed by atoms with Crippen molar-refractivity contribution in [2.75, 3.05) is 5.32 Å². The lowest BCUT2D eigenvalue weighted by Crippen LogP contribution is -2.36. The maximum Gasteiger partial charge on any atom is 0.241 e. The molecule has 132 valence electrons. The lowest BCUT2D eigenvalue weighted by atomic mass is 10.0. The van der Waals surface area contributed by atoms with E-state index in [0.29, 0.717) is 35.5 Å². The summed E-state index contributed by atoms with van der Waals surface area (Å²) in [5.74, 6) is 1.82. The Morgan fingerprint density at radius 3 is 2.54 bits per heavy atom. The monoisotopic (exact) mass is 354 g/mol. The second kappa shape index (κ2) is 9.24. The summed E-state index contributed by atoms with van der Waals surface area (Å²) in [6.07, 6.45) is 0.650. The fourth-order valence-electron chi connectivity index (χ4n) is 2.03. The quantitative estimate of drug-likeness (QED) is 0.792. The first-order chi connectivity index (χ1) is 10.9. The van der Waals surface area contributed by atoms with Crippen LogP contribution in [-0.2, 0) is 11.4 Å². The number of rotatable bonds is 7. The molecule has 1 atom stereocenters. The molecule has 0 fully saturated rings. The zero-order valence-electron chi connectivity index (χ0n) is 14.0. The summed E-state index contributed by atoms with van der Waals surface area (Å²) in [7, 11) is 0. The van der Waals surface area contributed by atoms with E-state index in [1.54, 1.807) is 31.2 Å². The molecule has 2 rings (SSSR count). The van der Waals surface area contributed by atoms with Crippen molar-refractivity contribution in [3.63, 3.8) is 0 Å². The van der Waals surface area contributed by atoms with E-state index in [9.17, 15) is 4.79 Å². The van der Waals surface area contributed by atoms with Crippen molar-refractivity contribution in [1.29, 1.82) is 0 Å². The van der Waals surface area contributed by atoms with Crippen LogP contribution in [0.25, 0.3) is 0 Å². The number of aromatic nitrogens is 2. The number of ether oxygens (including phenoxy) is 1. The van der Waals surface area contributed by atoms with Gasteiger partial charge in [-0.2, -0.15) is 4.98 Å². The van der Waals surface area contributed by atoms with E-state index < -0.39 is 6.04 Å². The fraction of sp³-hybridized carbons (Fsp3) is 0.438. The van der Waals surface area contributed by atoms with E-state index in [0.717, 1.165) is 0 Å². The van der Waals surface area contributed by atoms with E-state index in [1.165, 1.54) is 0 Å². The number of nitrogens with zero attached hydrogens (tertiary/aromatic N) is 2. The minimum Gasteiger partial charge on any atom is -0.485 e. The molecule has 24 heavy (non-hydrogen) atoms. The van der Waals surface area contributed by atoms with Gasteiger partial charge in [0.15, 0.2) is 6.61 Å². The largest absolute Gasteiger partial charge is 0.485 e. The number of hydrogen-bond acceptors (Lipinski definition) is 6. The lowest BCUT2D eigenvalue weighted by Gasteiger charge is -2.14. The molecule has 0 aliphatic carbocycles. The molecule has 8 heteroatoms. The van der Waals surface area contributed by atoms with Crippen molar-refractivity contribution in [1.82, 2.24) is 10.1 Å². The van der Waals surface area contributed by atoms with Gasteiger partial charge in [0, 0.05) is 12.6 Å². The van der Waals surface area contributed by atoms with Crippen LogP contribution in [0.5, 0.6) is 5.75 Å². The number of halogens is 1. The Labute approximate surface area is 147 Å². The van der Waals surface area contributed by atoms with Gasteiger partial charge in [0.1, 0.15) is 5.75 Å². The summed E-state index contributed by atoms with van der Waals surface area (Å²) >= 11 is 0. The van der Waals surface area contributed by atoms with Crippen molar-refractivity contribution in [2.45, 2.75) is 39.8 Å². The number of carbonyl (C=O) groups is 1. The third-order valence-electron chi connectivity index (χ3n) is 3.12. The topological polar surface area (TPSA) is 103 Å². The van der Waals surface area contributed by atoms with Crippen molar-refractivity contribution in [3.05, 3.63) is 36.0 Å². The second-order valence-corrected chi connectivity index (χ2v) is 5.77. The number of carbonyl (C=O) groups excluding carboxylic acids is 1. The zero-order chi connectivity index (χ0) is 16.8. The van der Waals surface area contributed by atoms with Gasteiger partial charge in [-0.3, -0.25) is 4.79 Å². The third kappa shape index (κ3) is 6.17. The fourth-order valence-corrected chi connectivity index (χ4v) is 2.03. The molecule has 0 saturated carbocycles. The SMILES string of the molecule is Cc1nc(COc2ccc(NC(=O)[C@@H](N)CC(C)C)cc2)no1.Cl. The number of amides is 1. The molecule has 0 bridgehead atoms. The van der Waals surface area contributed by atoms with Crippen molar-refractivity contribution in [2.24, 2.45) is 11.7 Å². The molecule has 3 N–H and O–H groups in total. The maximum absolute atomic E-state index is 12.0. The molecule has 1 amide bonds. The Bertz CT molecular complexity index is 643. The van der Waals surface area contributed by atoms with Crippen molar-refractivity contribution >= 4 is 24.0 Å². The Balaban J connectivity index is 0.00000288. The van der Waals surface area contributed by atoms with Gasteiger partial charge in [-0.1, -0.05) is 19.0 Å². The highest BCUT2D eigenvalue weighted by Gasteiger charge is 2.15. The first-order valence-electron chi connectivity index (χ1n) is 7.52. The van der Waals surface area contributed by atoms with E-state index in [1.807, 2.05) is 13.8 Å². The molecule has 0 spiro atoms. The highest BCUT2D eigenvalue weighted by Crippen LogP contribution is 2.17. The van der Waals surface area contributed by atoms with Crippen LogP contribution in [0.4, 0.5) is 5.69 Å². The second-order valence-electron chi connectivity index (χ2n) is 5.77. The Morgan fingerprint density at radius 2 is 2.00 bits per heavy atom. The minimum absolute atomic E-state index is 0. The van der Waals surface area contributed by atoms with Gasteiger partial charge >= 0.3 is 0 Å². The number of benzene rings is 1. The van der Waals surface area contributed by atoms with Crippen LogP contribution < -0.4 is 15.8 Å². The van der Waals surface area contributed by atoms with Crippen LogP contribution in [0.3, 0.4) is 0 Å². The van der Waals surface area contributed by atoms with Gasteiger partial charge < -0.3 is 20.3 Å². The van der Waals surface area contributed by atoms with Crippen LogP contribution in [0.2, 0.25) is 0 Å². The minimum atomic E-state index is -0.507. The number of nitrogens with one attached hydrogen (secondary N) is 1. The Morgan fingerprint density at radius 1 is 1.33 bits per heavy atom. The average Bonchev–Trinajstić information content (AvgIpc) is 2.91. The van der Waals surface area contributed by atoms with Gasteiger partial charge in [-0.25, -0.2) is 0 Å². The number of anilines is 1. The van der Waals surface area contributed by atoms with Crippen molar-refractivity contribution in [3.8, 4) is 5.75 Å². The summed E-state index contributed by atoms with van der Waals surface area (Å²) in [5.41, 5.74) is 6.53. The first kappa shape index (κ1) is 19.9. The smallest absolute Gasteiger partial charge is 0.241 e. The molecule has 1 aromatic heterocycles. The molecule has 0 saturated heterocycles. The van der Waals surface area contributed by atoms with Gasteiger partial charge in [0.05, 0.1) is 6.04 Å². The number of nitrogens with two attached hydrogens (primary N) is 1. The van der Waals surface area contributed by atoms with Crippen LogP contribution in [0.15, 0.2) is 28.8 Å². The van der Waals surface area contributed by atoms with Gasteiger partial charge in [0.2, 0.25) is 17.6 Å². The molecule has 0 aliphatic heterocycles. The molecular weight excluding hydrogens is 332 g/mol. The van der Waals surface area contributed by atoms with Crippen LogP contribution in [0, 0.1) is 12.8 Å². The molecule has 0 aliphatic rings. The Kier molecular flexibility index (Phi) is 7.67. The standard InChI is InChI=1S/C16H22N4O3.ClH/c1-10(2)8-14(17)16(21)19-12-4-6-13(7-5-12)22-9-15-18-11(3)23-20-15;/h4-7,10,14H,8-9,17H2,1-3H3,(H,19,21);1H/t14-;/m0./s1. The predicted octanol–water partition coefficient (Wildman–Crippen LogP) is 2.69. The molecule has 0 unspecified atom stereocenters. The number of aryl methyl sites for hydroxylation is 1. The molecule has 2 aromatic rings. The predicted molar refractivity (Wildman–Crippen MR) is 93.1 cm³/mol. The summed E-state index contributed by atoms with van der Waals surface area (Å²) < 4.78 is 10.4. The summed E-state index contributed by atoms with van der Waals surface area (Å²) in [6, 6.07) is 6.54. The van der Waals surface area contributed by atoms with Gasteiger partial charge in [-0.05, 0) is 36.6 Å². The van der Waals surface area contributed by atoms with Crippen molar-refractivity contribution < 1.29 is 14.1 Å². The van der Waals surface area contributed by atoms with E-state index in [-0.39, 0.29) is 24.9 Å². The van der Waals surface area contributed by atoms with Gasteiger partial charge in [0.25, 0.3) is 0 Å². The molecule has 0 radical (unpaired) electrons.